The molecule has 1 amide bonds. The van der Waals surface area contributed by atoms with E-state index in [0.29, 0.717) is 18.8 Å². The molecule has 2 fully saturated rings. The van der Waals surface area contributed by atoms with Gasteiger partial charge in [-0.1, -0.05) is 6.07 Å². The lowest BCUT2D eigenvalue weighted by Crippen LogP contribution is -2.52. The molecule has 0 spiro atoms. The molecule has 2 aliphatic heterocycles. The van der Waals surface area contributed by atoms with Crippen LogP contribution in [0.5, 0.6) is 0 Å². The van der Waals surface area contributed by atoms with Gasteiger partial charge in [-0.15, -0.1) is 0 Å². The summed E-state index contributed by atoms with van der Waals surface area (Å²) in [6.07, 6.45) is -0.278. The maximum absolute atomic E-state index is 12.2. The lowest BCUT2D eigenvalue weighted by Gasteiger charge is -2.41. The van der Waals surface area contributed by atoms with Crippen molar-refractivity contribution in [2.75, 3.05) is 18.8 Å². The van der Waals surface area contributed by atoms with E-state index in [4.69, 9.17) is 19.8 Å². The van der Waals surface area contributed by atoms with E-state index in [1.807, 2.05) is 66.7 Å². The third-order valence-electron chi connectivity index (χ3n) is 5.59. The number of hydrogen-bond donors (Lipinski definition) is 1. The number of amides is 1. The highest BCUT2D eigenvalue weighted by Gasteiger charge is 2.52. The van der Waals surface area contributed by atoms with Gasteiger partial charge in [0.2, 0.25) is 0 Å². The van der Waals surface area contributed by atoms with Gasteiger partial charge in [0.15, 0.2) is 0 Å². The number of anilines is 1. The smallest absolute Gasteiger partial charge is 0.444 e. The van der Waals surface area contributed by atoms with E-state index in [9.17, 15) is 4.79 Å². The molecule has 0 aromatic heterocycles. The van der Waals surface area contributed by atoms with Crippen molar-refractivity contribution in [3.05, 3.63) is 23.8 Å². The predicted molar refractivity (Wildman–Crippen MR) is 107 cm³/mol. The summed E-state index contributed by atoms with van der Waals surface area (Å²) in [4.78, 5) is 13.9. The molecule has 2 saturated heterocycles. The molecule has 148 valence electrons. The van der Waals surface area contributed by atoms with Crippen molar-refractivity contribution in [1.82, 2.24) is 4.90 Å². The maximum Gasteiger partial charge on any atom is 0.495 e. The zero-order valence-electron chi connectivity index (χ0n) is 17.5. The monoisotopic (exact) mass is 374 g/mol. The van der Waals surface area contributed by atoms with Gasteiger partial charge in [-0.3, -0.25) is 0 Å². The van der Waals surface area contributed by atoms with Crippen LogP contribution < -0.4 is 11.2 Å². The second kappa shape index (κ2) is 6.42. The Morgan fingerprint density at radius 3 is 2.26 bits per heavy atom. The van der Waals surface area contributed by atoms with Crippen molar-refractivity contribution < 1.29 is 18.8 Å². The van der Waals surface area contributed by atoms with Crippen LogP contribution in [0.25, 0.3) is 0 Å². The van der Waals surface area contributed by atoms with Crippen LogP contribution in [0.2, 0.25) is 0 Å². The van der Waals surface area contributed by atoms with E-state index < -0.39 is 23.9 Å². The van der Waals surface area contributed by atoms with E-state index in [1.54, 1.807) is 4.90 Å². The van der Waals surface area contributed by atoms with Crippen LogP contribution in [-0.2, 0) is 14.0 Å². The molecule has 0 radical (unpaired) electrons. The van der Waals surface area contributed by atoms with Crippen LogP contribution in [0.15, 0.2) is 18.2 Å². The summed E-state index contributed by atoms with van der Waals surface area (Å²) in [5.41, 5.74) is 7.49. The number of hydrogen-bond acceptors (Lipinski definition) is 5. The first kappa shape index (κ1) is 20.0. The molecule has 3 rings (SSSR count). The van der Waals surface area contributed by atoms with Crippen molar-refractivity contribution in [1.29, 1.82) is 0 Å². The first-order valence-electron chi connectivity index (χ1n) is 9.52. The van der Waals surface area contributed by atoms with Crippen molar-refractivity contribution in [2.24, 2.45) is 0 Å². The molecule has 2 aliphatic rings. The molecule has 0 bridgehead atoms. The number of rotatable bonds is 2. The predicted octanol–water partition coefficient (Wildman–Crippen LogP) is 2.90. The van der Waals surface area contributed by atoms with Gasteiger partial charge in [0.1, 0.15) is 5.60 Å². The fraction of sp³-hybridized carbons (Fsp3) is 0.650. The van der Waals surface area contributed by atoms with E-state index in [0.717, 1.165) is 11.0 Å². The summed E-state index contributed by atoms with van der Waals surface area (Å²) in [5.74, 6) is 0.190. The largest absolute Gasteiger partial charge is 0.495 e. The molecule has 1 aromatic carbocycles. The quantitative estimate of drug-likeness (QED) is 0.637. The lowest BCUT2D eigenvalue weighted by molar-refractivity contribution is 0.00578. The van der Waals surface area contributed by atoms with Gasteiger partial charge in [-0.2, -0.15) is 0 Å². The molecular formula is C20H31BN2O4. The van der Waals surface area contributed by atoms with Crippen LogP contribution in [0.1, 0.15) is 59.9 Å². The topological polar surface area (TPSA) is 74.0 Å². The minimum absolute atomic E-state index is 0.190. The molecule has 27 heavy (non-hydrogen) atoms. The summed E-state index contributed by atoms with van der Waals surface area (Å²) in [6.45, 7) is 15.0. The highest BCUT2D eigenvalue weighted by molar-refractivity contribution is 6.62. The van der Waals surface area contributed by atoms with Crippen molar-refractivity contribution in [3.8, 4) is 0 Å². The van der Waals surface area contributed by atoms with Crippen LogP contribution in [0.3, 0.4) is 0 Å². The zero-order chi connectivity index (χ0) is 20.2. The average Bonchev–Trinajstić information content (AvgIpc) is 2.63. The second-order valence-corrected chi connectivity index (χ2v) is 9.56. The fourth-order valence-electron chi connectivity index (χ4n) is 3.28. The number of nitrogens with zero attached hydrogens (tertiary/aromatic N) is 1. The van der Waals surface area contributed by atoms with Gasteiger partial charge >= 0.3 is 13.2 Å². The molecule has 0 saturated carbocycles. The van der Waals surface area contributed by atoms with E-state index in [-0.39, 0.29) is 12.0 Å². The SMILES string of the molecule is CC(C)(C)OC(=O)N1CC(c2cc(N)ccc2B2OC(C)(C)C(C)(C)O2)C1. The van der Waals surface area contributed by atoms with E-state index >= 15 is 0 Å². The van der Waals surface area contributed by atoms with Crippen LogP contribution in [0.4, 0.5) is 10.5 Å². The number of nitrogens with two attached hydrogens (primary N) is 1. The Bertz CT molecular complexity index is 720. The van der Waals surface area contributed by atoms with Gasteiger partial charge in [0.25, 0.3) is 0 Å². The summed E-state index contributed by atoms with van der Waals surface area (Å²) >= 11 is 0. The molecule has 7 heteroatoms. The molecule has 0 aliphatic carbocycles. The molecule has 2 N–H and O–H groups in total. The third-order valence-corrected chi connectivity index (χ3v) is 5.59. The number of ether oxygens (including phenoxy) is 1. The standard InChI is InChI=1S/C20H31BN2O4/c1-18(2,3)25-17(24)23-11-13(12-23)15-10-14(22)8-9-16(15)21-26-19(4,5)20(6,7)27-21/h8-10,13H,11-12,22H2,1-7H3. The van der Waals surface area contributed by atoms with E-state index in [2.05, 4.69) is 0 Å². The second-order valence-electron chi connectivity index (χ2n) is 9.56. The number of benzene rings is 1. The minimum Gasteiger partial charge on any atom is -0.444 e. The molecular weight excluding hydrogens is 343 g/mol. The Hall–Kier alpha value is -1.73. The van der Waals surface area contributed by atoms with Crippen LogP contribution in [-0.4, -0.2) is 48.0 Å². The van der Waals surface area contributed by atoms with Crippen molar-refractivity contribution in [3.63, 3.8) is 0 Å². The van der Waals surface area contributed by atoms with Crippen LogP contribution in [0, 0.1) is 0 Å². The first-order chi connectivity index (χ1) is 12.3. The third kappa shape index (κ3) is 3.94. The molecule has 6 nitrogen and oxygen atoms in total. The normalized spacial score (nSPS) is 21.9. The number of likely N-dealkylation sites (tertiary alicyclic amines) is 1. The number of carbonyl (C=O) groups excluding carboxylic acids is 1. The Morgan fingerprint density at radius 2 is 1.74 bits per heavy atom. The highest BCUT2D eigenvalue weighted by atomic mass is 16.7. The van der Waals surface area contributed by atoms with Gasteiger partial charge in [0, 0.05) is 24.7 Å². The summed E-state index contributed by atoms with van der Waals surface area (Å²) in [5, 5.41) is 0. The molecule has 1 aromatic rings. The number of carbonyl (C=O) groups is 1. The molecule has 0 unspecified atom stereocenters. The van der Waals surface area contributed by atoms with Crippen molar-refractivity contribution in [2.45, 2.75) is 71.2 Å². The maximum atomic E-state index is 12.2. The zero-order valence-corrected chi connectivity index (χ0v) is 17.5. The van der Waals surface area contributed by atoms with Crippen LogP contribution >= 0.6 is 0 Å². The minimum atomic E-state index is -0.493. The number of nitrogen functional groups attached to an aromatic ring is 1. The Labute approximate surface area is 162 Å². The Kier molecular flexibility index (Phi) is 4.76. The van der Waals surface area contributed by atoms with Crippen molar-refractivity contribution >= 4 is 24.4 Å². The summed E-state index contributed by atoms with van der Waals surface area (Å²) in [6, 6.07) is 5.81. The van der Waals surface area contributed by atoms with Gasteiger partial charge < -0.3 is 24.7 Å². The fourth-order valence-corrected chi connectivity index (χ4v) is 3.28. The summed E-state index contributed by atoms with van der Waals surface area (Å²) in [7, 11) is -0.443. The van der Waals surface area contributed by atoms with Gasteiger partial charge in [-0.05, 0) is 71.6 Å². The highest BCUT2D eigenvalue weighted by Crippen LogP contribution is 2.38. The summed E-state index contributed by atoms with van der Waals surface area (Å²) < 4.78 is 17.9. The lowest BCUT2D eigenvalue weighted by atomic mass is 9.71. The van der Waals surface area contributed by atoms with Gasteiger partial charge in [0.05, 0.1) is 11.2 Å². The first-order valence-corrected chi connectivity index (χ1v) is 9.52. The average molecular weight is 374 g/mol. The van der Waals surface area contributed by atoms with E-state index in [1.165, 1.54) is 0 Å². The Balaban J connectivity index is 1.77. The molecule has 0 atom stereocenters. The molecule has 2 heterocycles. The Morgan fingerprint density at radius 1 is 1.19 bits per heavy atom. The van der Waals surface area contributed by atoms with Gasteiger partial charge in [-0.25, -0.2) is 4.79 Å².